The number of allylic oxidation sites excluding steroid dienone is 5. The molecule has 1 aromatic heterocycles. The molecule has 44 heavy (non-hydrogen) atoms. The number of pyridine rings is 1. The average molecular weight is 621 g/mol. The number of hydrogen-bond donors (Lipinski definition) is 5. The third-order valence-electron chi connectivity index (χ3n) is 5.87. The van der Waals surface area contributed by atoms with Crippen LogP contribution in [0.15, 0.2) is 57.8 Å². The molecule has 0 aromatic carbocycles. The molecule has 1 amide bonds. The van der Waals surface area contributed by atoms with Gasteiger partial charge in [-0.1, -0.05) is 66.2 Å². The number of unbranched alkanes of at least 4 members (excludes halogenated alkanes) is 1. The van der Waals surface area contributed by atoms with Crippen LogP contribution in [0, 0.1) is 0 Å². The first-order valence-corrected chi connectivity index (χ1v) is 14.8. The molecule has 11 heteroatoms. The van der Waals surface area contributed by atoms with Crippen molar-refractivity contribution in [2.24, 2.45) is 4.99 Å². The molecule has 1 aliphatic rings. The molecule has 1 atom stereocenters. The first-order chi connectivity index (χ1) is 21.0. The van der Waals surface area contributed by atoms with Gasteiger partial charge in [0.2, 0.25) is 5.76 Å². The molecule has 0 fully saturated rings. The molecule has 0 aliphatic carbocycles. The number of fused-ring (bicyclic) bond motifs is 1. The van der Waals surface area contributed by atoms with E-state index in [1.165, 1.54) is 18.2 Å². The lowest BCUT2D eigenvalue weighted by Crippen LogP contribution is -2.42. The van der Waals surface area contributed by atoms with Gasteiger partial charge < -0.3 is 30.7 Å². The van der Waals surface area contributed by atoms with Gasteiger partial charge in [-0.2, -0.15) is 0 Å². The molecule has 0 radical (unpaired) electrons. The van der Waals surface area contributed by atoms with Crippen LogP contribution in [0.3, 0.4) is 0 Å². The Hall–Kier alpha value is -3.80. The van der Waals surface area contributed by atoms with E-state index in [-0.39, 0.29) is 41.4 Å². The Bertz CT molecular complexity index is 1260. The molecular formula is C33H53FN4O6. The van der Waals surface area contributed by atoms with Crippen molar-refractivity contribution in [1.82, 2.24) is 15.2 Å². The normalized spacial score (nSPS) is 14.5. The third-order valence-corrected chi connectivity index (χ3v) is 5.87. The Morgan fingerprint density at radius 1 is 1.25 bits per heavy atom. The summed E-state index contributed by atoms with van der Waals surface area (Å²) in [4.78, 5) is 30.0. The Kier molecular flexibility index (Phi) is 21.8. The van der Waals surface area contributed by atoms with Crippen LogP contribution < -0.4 is 16.2 Å². The fourth-order valence-electron chi connectivity index (χ4n) is 3.80. The predicted molar refractivity (Wildman–Crippen MR) is 179 cm³/mol. The summed E-state index contributed by atoms with van der Waals surface area (Å²) in [7, 11) is 3.75. The molecule has 1 unspecified atom stereocenters. The van der Waals surface area contributed by atoms with Crippen molar-refractivity contribution in [3.8, 4) is 5.75 Å². The summed E-state index contributed by atoms with van der Waals surface area (Å²) in [6.45, 7) is 19.6. The molecule has 0 saturated carbocycles. The molecule has 0 spiro atoms. The predicted octanol–water partition coefficient (Wildman–Crippen LogP) is 5.87. The van der Waals surface area contributed by atoms with E-state index in [9.17, 15) is 29.3 Å². The van der Waals surface area contributed by atoms with Gasteiger partial charge in [-0.05, 0) is 64.7 Å². The number of nitrogens with zero attached hydrogens (tertiary/aromatic N) is 2. The topological polar surface area (TPSA) is 145 Å². The largest absolute Gasteiger partial charge is 0.505 e. The zero-order valence-electron chi connectivity index (χ0n) is 27.9. The van der Waals surface area contributed by atoms with E-state index in [4.69, 9.17) is 4.74 Å². The number of nitrogens with one attached hydrogen (secondary N) is 2. The van der Waals surface area contributed by atoms with E-state index < -0.39 is 29.4 Å². The lowest BCUT2D eigenvalue weighted by atomic mass is 9.99. The van der Waals surface area contributed by atoms with Crippen LogP contribution in [0.2, 0.25) is 0 Å². The molecule has 1 aromatic rings. The summed E-state index contributed by atoms with van der Waals surface area (Å²) < 4.78 is 19.5. The number of carbonyl (C=O) groups excluding carboxylic acids is 1. The number of hydrogen-bond acceptors (Lipinski definition) is 8. The molecule has 2 rings (SSSR count). The van der Waals surface area contributed by atoms with E-state index in [0.29, 0.717) is 23.9 Å². The Labute approximate surface area is 262 Å². The van der Waals surface area contributed by atoms with E-state index >= 15 is 0 Å². The summed E-state index contributed by atoms with van der Waals surface area (Å²) in [5.41, 5.74) is -1.24. The van der Waals surface area contributed by atoms with Crippen molar-refractivity contribution in [3.05, 3.63) is 69.7 Å². The molecule has 0 bridgehead atoms. The van der Waals surface area contributed by atoms with Gasteiger partial charge >= 0.3 is 0 Å². The van der Waals surface area contributed by atoms with Crippen molar-refractivity contribution in [2.75, 3.05) is 20.6 Å². The molecule has 10 nitrogen and oxygen atoms in total. The van der Waals surface area contributed by atoms with Crippen LogP contribution >= 0.6 is 0 Å². The van der Waals surface area contributed by atoms with Crippen LogP contribution in [0.5, 0.6) is 5.75 Å². The number of aliphatic hydroxyl groups excluding tert-OH is 1. The number of aromatic hydroxyl groups is 1. The molecular weight excluding hydrogens is 567 g/mol. The number of aromatic nitrogens is 1. The van der Waals surface area contributed by atoms with Gasteiger partial charge in [0.15, 0.2) is 11.5 Å². The summed E-state index contributed by atoms with van der Waals surface area (Å²) in [5.74, 6) is -1.46. The lowest BCUT2D eigenvalue weighted by molar-refractivity contribution is -0.121. The van der Waals surface area contributed by atoms with Gasteiger partial charge in [-0.3, -0.25) is 19.1 Å². The van der Waals surface area contributed by atoms with Crippen molar-refractivity contribution >= 4 is 30.3 Å². The zero-order valence-corrected chi connectivity index (χ0v) is 27.9. The highest BCUT2D eigenvalue weighted by molar-refractivity contribution is 5.97. The summed E-state index contributed by atoms with van der Waals surface area (Å²) in [6.07, 6.45) is 8.03. The van der Waals surface area contributed by atoms with Crippen LogP contribution in [0.25, 0.3) is 12.0 Å². The third kappa shape index (κ3) is 12.4. The summed E-state index contributed by atoms with van der Waals surface area (Å²) >= 11 is 0. The highest BCUT2D eigenvalue weighted by atomic mass is 19.1. The second-order valence-corrected chi connectivity index (χ2v) is 9.44. The van der Waals surface area contributed by atoms with Gasteiger partial charge in [0.05, 0.1) is 30.3 Å². The summed E-state index contributed by atoms with van der Waals surface area (Å²) in [5, 5.41) is 36.2. The molecule has 1 aliphatic heterocycles. The first kappa shape index (κ1) is 42.3. The Balaban J connectivity index is 0. The fourth-order valence-corrected chi connectivity index (χ4v) is 3.80. The number of halogens is 1. The van der Waals surface area contributed by atoms with Crippen molar-refractivity contribution in [2.45, 2.75) is 86.4 Å². The van der Waals surface area contributed by atoms with E-state index in [2.05, 4.69) is 28.9 Å². The number of carbonyl (C=O) groups is 1. The number of amides is 1. The first-order valence-electron chi connectivity index (χ1n) is 14.8. The monoisotopic (exact) mass is 620 g/mol. The maximum absolute atomic E-state index is 13.1. The van der Waals surface area contributed by atoms with Crippen molar-refractivity contribution in [1.29, 1.82) is 0 Å². The average Bonchev–Trinajstić information content (AvgIpc) is 3.03. The number of aliphatic hydroxyl groups is 2. The van der Waals surface area contributed by atoms with Crippen LogP contribution in [-0.4, -0.2) is 58.8 Å². The van der Waals surface area contributed by atoms with Crippen LogP contribution in [0.4, 0.5) is 10.1 Å². The van der Waals surface area contributed by atoms with Crippen LogP contribution in [-0.2, 0) is 16.1 Å². The SMILES string of the molecule is C=C/C(=C\C=C\F)C/C(C)=C1\OC(C(=O)NCC(C)(O)CCCC)=Cn2c1c(N=C)c(O)c(CO)c2=O.CC.CC.CNC. The minimum absolute atomic E-state index is 0.0307. The fraction of sp³-hybridized carbons (Fsp3) is 0.485. The zero-order chi connectivity index (χ0) is 34.5. The maximum atomic E-state index is 13.1. The maximum Gasteiger partial charge on any atom is 0.288 e. The smallest absolute Gasteiger partial charge is 0.288 e. The van der Waals surface area contributed by atoms with E-state index in [0.717, 1.165) is 23.6 Å². The Morgan fingerprint density at radius 2 is 1.84 bits per heavy atom. The minimum atomic E-state index is -1.15. The van der Waals surface area contributed by atoms with E-state index in [1.807, 2.05) is 48.7 Å². The number of ether oxygens (including phenoxy) is 1. The molecule has 2 heterocycles. The number of aliphatic imine (C=N–C) groups is 1. The molecule has 5 N–H and O–H groups in total. The molecule has 248 valence electrons. The van der Waals surface area contributed by atoms with Gasteiger partial charge in [0.1, 0.15) is 11.4 Å². The second-order valence-electron chi connectivity index (χ2n) is 9.44. The summed E-state index contributed by atoms with van der Waals surface area (Å²) in [6, 6.07) is 0. The van der Waals surface area contributed by atoms with Crippen molar-refractivity contribution < 1.29 is 29.2 Å². The van der Waals surface area contributed by atoms with Crippen LogP contribution in [0.1, 0.15) is 85.4 Å². The van der Waals surface area contributed by atoms with Gasteiger partial charge in [-0.25, -0.2) is 4.39 Å². The lowest BCUT2D eigenvalue weighted by Gasteiger charge is -2.27. The van der Waals surface area contributed by atoms with E-state index in [1.54, 1.807) is 13.8 Å². The Morgan fingerprint density at radius 3 is 2.32 bits per heavy atom. The quantitative estimate of drug-likeness (QED) is 0.145. The number of rotatable bonds is 12. The standard InChI is InChI=1S/C27H34FN3O6.C2H7N.2C2H6/c1-6-8-11-27(4,36)16-30-25(34)20-14-31-22(21(29-5)23(33)19(15-32)26(31)35)24(37-20)17(3)13-18(7-2)10-9-12-28;1-3-2;2*1-2/h7,9-10,12,14,32-33,36H,2,5-6,8,11,13,15-16H2,1,3-4H3,(H,30,34);3H,1-2H3;2*1-2H3/b12-9+,18-10+,24-17-;;;. The minimum Gasteiger partial charge on any atom is -0.505 e. The highest BCUT2D eigenvalue weighted by Gasteiger charge is 2.31. The van der Waals surface area contributed by atoms with Gasteiger partial charge in [0, 0.05) is 6.54 Å². The highest BCUT2D eigenvalue weighted by Crippen LogP contribution is 2.41. The molecule has 0 saturated heterocycles. The van der Waals surface area contributed by atoms with Crippen molar-refractivity contribution in [3.63, 3.8) is 0 Å². The second kappa shape index (κ2) is 22.7. The van der Waals surface area contributed by atoms with Gasteiger partial charge in [-0.15, -0.1) is 0 Å². The van der Waals surface area contributed by atoms with Gasteiger partial charge in [0.25, 0.3) is 11.5 Å².